The highest BCUT2D eigenvalue weighted by Gasteiger charge is 2.34. The SMILES string of the molecule is Cc1ccc(F)c(NC(=O)[C@H]2CC=CC[C@H]2C(=O)O)c1. The van der Waals surface area contributed by atoms with Crippen LogP contribution in [0, 0.1) is 24.6 Å². The summed E-state index contributed by atoms with van der Waals surface area (Å²) in [5, 5.41) is 11.6. The molecule has 2 rings (SSSR count). The van der Waals surface area contributed by atoms with E-state index in [1.165, 1.54) is 12.1 Å². The van der Waals surface area contributed by atoms with E-state index in [1.54, 1.807) is 25.1 Å². The zero-order valence-electron chi connectivity index (χ0n) is 11.1. The van der Waals surface area contributed by atoms with E-state index < -0.39 is 29.5 Å². The molecule has 0 radical (unpaired) electrons. The van der Waals surface area contributed by atoms with E-state index in [9.17, 15) is 14.0 Å². The van der Waals surface area contributed by atoms with E-state index >= 15 is 0 Å². The topological polar surface area (TPSA) is 66.4 Å². The monoisotopic (exact) mass is 277 g/mol. The first kappa shape index (κ1) is 14.2. The Hall–Kier alpha value is -2.17. The summed E-state index contributed by atoms with van der Waals surface area (Å²) in [5.74, 6) is -3.40. The van der Waals surface area contributed by atoms with Gasteiger partial charge in [0.05, 0.1) is 17.5 Å². The van der Waals surface area contributed by atoms with Crippen LogP contribution >= 0.6 is 0 Å². The first-order valence-electron chi connectivity index (χ1n) is 6.44. The van der Waals surface area contributed by atoms with Crippen molar-refractivity contribution in [1.82, 2.24) is 0 Å². The summed E-state index contributed by atoms with van der Waals surface area (Å²) in [6.45, 7) is 1.79. The van der Waals surface area contributed by atoms with Crippen molar-refractivity contribution in [3.63, 3.8) is 0 Å². The number of carbonyl (C=O) groups is 2. The number of allylic oxidation sites excluding steroid dienone is 2. The highest BCUT2D eigenvalue weighted by molar-refractivity contribution is 5.95. The molecule has 0 aliphatic heterocycles. The Morgan fingerprint density at radius 3 is 2.55 bits per heavy atom. The Bertz CT molecular complexity index is 568. The molecule has 106 valence electrons. The van der Waals surface area contributed by atoms with Crippen molar-refractivity contribution in [2.75, 3.05) is 5.32 Å². The molecule has 0 bridgehead atoms. The predicted molar refractivity (Wildman–Crippen MR) is 72.8 cm³/mol. The first-order chi connectivity index (χ1) is 9.49. The van der Waals surface area contributed by atoms with Crippen LogP contribution in [0.5, 0.6) is 0 Å². The average molecular weight is 277 g/mol. The lowest BCUT2D eigenvalue weighted by Crippen LogP contribution is -2.34. The van der Waals surface area contributed by atoms with E-state index in [0.717, 1.165) is 5.56 Å². The number of benzene rings is 1. The van der Waals surface area contributed by atoms with Crippen LogP contribution in [-0.2, 0) is 9.59 Å². The van der Waals surface area contributed by atoms with Crippen LogP contribution in [0.15, 0.2) is 30.4 Å². The second-order valence-electron chi connectivity index (χ2n) is 4.97. The second kappa shape index (κ2) is 5.86. The molecule has 1 amide bonds. The zero-order chi connectivity index (χ0) is 14.7. The van der Waals surface area contributed by atoms with E-state index in [-0.39, 0.29) is 5.69 Å². The second-order valence-corrected chi connectivity index (χ2v) is 4.97. The number of aryl methyl sites for hydroxylation is 1. The number of carbonyl (C=O) groups excluding carboxylic acids is 1. The molecule has 0 aromatic heterocycles. The number of rotatable bonds is 3. The van der Waals surface area contributed by atoms with E-state index in [1.807, 2.05) is 0 Å². The van der Waals surface area contributed by atoms with Gasteiger partial charge in [-0.1, -0.05) is 18.2 Å². The van der Waals surface area contributed by atoms with Gasteiger partial charge in [-0.25, -0.2) is 4.39 Å². The fourth-order valence-corrected chi connectivity index (χ4v) is 2.34. The summed E-state index contributed by atoms with van der Waals surface area (Å²) in [4.78, 5) is 23.3. The molecule has 5 heteroatoms. The Morgan fingerprint density at radius 2 is 1.90 bits per heavy atom. The maximum atomic E-state index is 13.6. The molecule has 0 spiro atoms. The molecule has 1 aliphatic rings. The summed E-state index contributed by atoms with van der Waals surface area (Å²) >= 11 is 0. The number of hydrogen-bond donors (Lipinski definition) is 2. The van der Waals surface area contributed by atoms with Gasteiger partial charge in [0.2, 0.25) is 5.91 Å². The Labute approximate surface area is 116 Å². The van der Waals surface area contributed by atoms with Gasteiger partial charge in [0.25, 0.3) is 0 Å². The Kier molecular flexibility index (Phi) is 4.17. The fourth-order valence-electron chi connectivity index (χ4n) is 2.34. The highest BCUT2D eigenvalue weighted by Crippen LogP contribution is 2.27. The van der Waals surface area contributed by atoms with Crippen LogP contribution in [0.25, 0.3) is 0 Å². The molecule has 20 heavy (non-hydrogen) atoms. The normalized spacial score (nSPS) is 21.5. The van der Waals surface area contributed by atoms with Crippen LogP contribution in [0.1, 0.15) is 18.4 Å². The first-order valence-corrected chi connectivity index (χ1v) is 6.44. The van der Waals surface area contributed by atoms with Crippen molar-refractivity contribution < 1.29 is 19.1 Å². The molecular formula is C15H16FNO3. The zero-order valence-corrected chi connectivity index (χ0v) is 11.1. The summed E-state index contributed by atoms with van der Waals surface area (Å²) in [6.07, 6.45) is 4.23. The minimum absolute atomic E-state index is 0.0914. The molecule has 1 aliphatic carbocycles. The van der Waals surface area contributed by atoms with Crippen LogP contribution in [0.2, 0.25) is 0 Å². The molecule has 4 nitrogen and oxygen atoms in total. The van der Waals surface area contributed by atoms with Gasteiger partial charge in [-0.2, -0.15) is 0 Å². The van der Waals surface area contributed by atoms with Gasteiger partial charge in [-0.05, 0) is 37.5 Å². The molecule has 0 saturated heterocycles. The van der Waals surface area contributed by atoms with Gasteiger partial charge in [-0.3, -0.25) is 9.59 Å². The summed E-state index contributed by atoms with van der Waals surface area (Å²) in [5.41, 5.74) is 0.911. The molecule has 0 unspecified atom stereocenters. The van der Waals surface area contributed by atoms with Gasteiger partial charge in [0, 0.05) is 0 Å². The summed E-state index contributed by atoms with van der Waals surface area (Å²) < 4.78 is 13.6. The van der Waals surface area contributed by atoms with Crippen LogP contribution in [0.3, 0.4) is 0 Å². The predicted octanol–water partition coefficient (Wildman–Crippen LogP) is 2.74. The maximum Gasteiger partial charge on any atom is 0.307 e. The third kappa shape index (κ3) is 3.04. The Balaban J connectivity index is 2.16. The van der Waals surface area contributed by atoms with Crippen molar-refractivity contribution >= 4 is 17.6 Å². The number of aliphatic carboxylic acids is 1. The number of halogens is 1. The molecular weight excluding hydrogens is 261 g/mol. The largest absolute Gasteiger partial charge is 0.481 e. The number of anilines is 1. The van der Waals surface area contributed by atoms with Crippen molar-refractivity contribution in [2.24, 2.45) is 11.8 Å². The Morgan fingerprint density at radius 1 is 1.25 bits per heavy atom. The van der Waals surface area contributed by atoms with E-state index in [4.69, 9.17) is 5.11 Å². The molecule has 0 saturated carbocycles. The van der Waals surface area contributed by atoms with Crippen LogP contribution < -0.4 is 5.32 Å². The van der Waals surface area contributed by atoms with E-state index in [2.05, 4.69) is 5.32 Å². The summed E-state index contributed by atoms with van der Waals surface area (Å²) in [6, 6.07) is 4.41. The van der Waals surface area contributed by atoms with Gasteiger partial charge in [0.15, 0.2) is 0 Å². The van der Waals surface area contributed by atoms with Gasteiger partial charge in [0.1, 0.15) is 5.82 Å². The molecule has 0 heterocycles. The third-order valence-electron chi connectivity index (χ3n) is 3.47. The number of hydrogen-bond acceptors (Lipinski definition) is 2. The molecule has 1 aromatic rings. The lowest BCUT2D eigenvalue weighted by atomic mass is 9.82. The van der Waals surface area contributed by atoms with Crippen LogP contribution in [-0.4, -0.2) is 17.0 Å². The summed E-state index contributed by atoms with van der Waals surface area (Å²) in [7, 11) is 0. The molecule has 2 N–H and O–H groups in total. The van der Waals surface area contributed by atoms with Crippen molar-refractivity contribution in [3.8, 4) is 0 Å². The van der Waals surface area contributed by atoms with Crippen molar-refractivity contribution in [2.45, 2.75) is 19.8 Å². The molecule has 0 fully saturated rings. The maximum absolute atomic E-state index is 13.6. The number of amides is 1. The molecule has 2 atom stereocenters. The van der Waals surface area contributed by atoms with Crippen LogP contribution in [0.4, 0.5) is 10.1 Å². The number of carboxylic acids is 1. The number of nitrogens with one attached hydrogen (secondary N) is 1. The quantitative estimate of drug-likeness (QED) is 0.835. The minimum atomic E-state index is -1.00. The molecule has 1 aromatic carbocycles. The van der Waals surface area contributed by atoms with Crippen molar-refractivity contribution in [3.05, 3.63) is 41.7 Å². The van der Waals surface area contributed by atoms with Gasteiger partial charge >= 0.3 is 5.97 Å². The third-order valence-corrected chi connectivity index (χ3v) is 3.47. The lowest BCUT2D eigenvalue weighted by molar-refractivity contribution is -0.146. The smallest absolute Gasteiger partial charge is 0.307 e. The van der Waals surface area contributed by atoms with E-state index in [0.29, 0.717) is 12.8 Å². The fraction of sp³-hybridized carbons (Fsp3) is 0.333. The lowest BCUT2D eigenvalue weighted by Gasteiger charge is -2.24. The minimum Gasteiger partial charge on any atom is -0.481 e. The average Bonchev–Trinajstić information content (AvgIpc) is 2.42. The highest BCUT2D eigenvalue weighted by atomic mass is 19.1. The van der Waals surface area contributed by atoms with Gasteiger partial charge in [-0.15, -0.1) is 0 Å². The van der Waals surface area contributed by atoms with Gasteiger partial charge < -0.3 is 10.4 Å². The standard InChI is InChI=1S/C15H16FNO3/c1-9-6-7-12(16)13(8-9)17-14(18)10-4-2-3-5-11(10)15(19)20/h2-3,6-8,10-11H,4-5H2,1H3,(H,17,18)(H,19,20)/t10-,11+/m0/s1. The van der Waals surface area contributed by atoms with Crippen molar-refractivity contribution in [1.29, 1.82) is 0 Å². The number of carboxylic acid groups (broad SMARTS) is 1.